The molecule has 0 bridgehead atoms. The summed E-state index contributed by atoms with van der Waals surface area (Å²) in [5.74, 6) is -0.917. The van der Waals surface area contributed by atoms with Gasteiger partial charge < -0.3 is 9.47 Å². The molecule has 0 amide bonds. The summed E-state index contributed by atoms with van der Waals surface area (Å²) in [5, 5.41) is 0. The number of hydrogen-bond donors (Lipinski definition) is 0. The first-order valence-corrected chi connectivity index (χ1v) is 4.54. The summed E-state index contributed by atoms with van der Waals surface area (Å²) in [6.07, 6.45) is 3.90. The first kappa shape index (κ1) is 9.24. The van der Waals surface area contributed by atoms with Crippen LogP contribution in [0, 0.1) is 23.7 Å². The quantitative estimate of drug-likeness (QED) is 0.473. The molecule has 2 aliphatic rings. The summed E-state index contributed by atoms with van der Waals surface area (Å²) in [6.45, 7) is 0. The highest BCUT2D eigenvalue weighted by Crippen LogP contribution is 2.54. The summed E-state index contributed by atoms with van der Waals surface area (Å²) < 4.78 is 9.30. The van der Waals surface area contributed by atoms with E-state index in [0.717, 1.165) is 0 Å². The molecular formula is C10H12O4. The van der Waals surface area contributed by atoms with Crippen LogP contribution in [-0.2, 0) is 19.1 Å². The van der Waals surface area contributed by atoms with Gasteiger partial charge in [0, 0.05) is 0 Å². The zero-order valence-electron chi connectivity index (χ0n) is 8.10. The topological polar surface area (TPSA) is 52.6 Å². The summed E-state index contributed by atoms with van der Waals surface area (Å²) in [5.41, 5.74) is 0. The van der Waals surface area contributed by atoms with Crippen molar-refractivity contribution in [2.45, 2.75) is 0 Å². The van der Waals surface area contributed by atoms with Gasteiger partial charge in [0.15, 0.2) is 0 Å². The van der Waals surface area contributed by atoms with Crippen molar-refractivity contribution < 1.29 is 19.1 Å². The average Bonchev–Trinajstić information content (AvgIpc) is 2.18. The van der Waals surface area contributed by atoms with E-state index < -0.39 is 0 Å². The van der Waals surface area contributed by atoms with E-state index in [1.807, 2.05) is 12.2 Å². The lowest BCUT2D eigenvalue weighted by molar-refractivity contribution is -0.174. The molecule has 0 aliphatic heterocycles. The molecule has 4 atom stereocenters. The summed E-state index contributed by atoms with van der Waals surface area (Å²) in [7, 11) is 2.68. The molecule has 2 aliphatic carbocycles. The van der Waals surface area contributed by atoms with E-state index >= 15 is 0 Å². The summed E-state index contributed by atoms with van der Waals surface area (Å²) in [6, 6.07) is 0. The molecule has 0 aromatic rings. The molecule has 1 fully saturated rings. The van der Waals surface area contributed by atoms with E-state index in [0.29, 0.717) is 0 Å². The SMILES string of the molecule is COC(=O)[C@@H]1[C@@H]2C=C[C@@H]2[C@@H]1C(=O)OC. The number of methoxy groups -OCH3 is 2. The number of allylic oxidation sites excluding steroid dienone is 2. The van der Waals surface area contributed by atoms with Gasteiger partial charge in [-0.25, -0.2) is 0 Å². The van der Waals surface area contributed by atoms with Gasteiger partial charge in [-0.3, -0.25) is 9.59 Å². The molecular weight excluding hydrogens is 184 g/mol. The van der Waals surface area contributed by atoms with Crippen molar-refractivity contribution in [1.82, 2.24) is 0 Å². The van der Waals surface area contributed by atoms with E-state index in [2.05, 4.69) is 9.47 Å². The predicted octanol–water partition coefficient (Wildman–Crippen LogP) is 0.381. The van der Waals surface area contributed by atoms with Gasteiger partial charge in [-0.1, -0.05) is 12.2 Å². The maximum absolute atomic E-state index is 11.4. The van der Waals surface area contributed by atoms with E-state index in [-0.39, 0.29) is 35.6 Å². The van der Waals surface area contributed by atoms with Gasteiger partial charge in [0.2, 0.25) is 0 Å². The monoisotopic (exact) mass is 196 g/mol. The third-order valence-electron chi connectivity index (χ3n) is 3.16. The Hall–Kier alpha value is -1.32. The summed E-state index contributed by atoms with van der Waals surface area (Å²) >= 11 is 0. The van der Waals surface area contributed by atoms with Gasteiger partial charge in [0.1, 0.15) is 0 Å². The van der Waals surface area contributed by atoms with Gasteiger partial charge in [-0.15, -0.1) is 0 Å². The highest BCUT2D eigenvalue weighted by molar-refractivity contribution is 5.86. The highest BCUT2D eigenvalue weighted by atomic mass is 16.5. The number of carbonyl (C=O) groups is 2. The van der Waals surface area contributed by atoms with Crippen LogP contribution in [0.5, 0.6) is 0 Å². The average molecular weight is 196 g/mol. The molecule has 4 nitrogen and oxygen atoms in total. The van der Waals surface area contributed by atoms with Crippen molar-refractivity contribution >= 4 is 11.9 Å². The van der Waals surface area contributed by atoms with Crippen LogP contribution in [0.3, 0.4) is 0 Å². The second-order valence-corrected chi connectivity index (χ2v) is 3.64. The molecule has 76 valence electrons. The Morgan fingerprint density at radius 2 is 1.29 bits per heavy atom. The van der Waals surface area contributed by atoms with Crippen LogP contribution < -0.4 is 0 Å². The smallest absolute Gasteiger partial charge is 0.310 e. The molecule has 0 aromatic heterocycles. The lowest BCUT2D eigenvalue weighted by Crippen LogP contribution is -2.56. The molecule has 0 N–H and O–H groups in total. The molecule has 0 spiro atoms. The fourth-order valence-electron chi connectivity index (χ4n) is 2.30. The van der Waals surface area contributed by atoms with Crippen molar-refractivity contribution in [2.75, 3.05) is 14.2 Å². The Labute approximate surface area is 81.9 Å². The standard InChI is InChI=1S/C10H12O4/c1-13-9(11)7-5-3-4-6(5)8(7)10(12)14-2/h3-8H,1-2H3/t5-,6+,7-,8+. The molecule has 1 saturated carbocycles. The minimum atomic E-state index is -0.331. The molecule has 2 rings (SSSR count). The Balaban J connectivity index is 2.13. The maximum atomic E-state index is 11.4. The lowest BCUT2D eigenvalue weighted by atomic mass is 9.51. The molecule has 0 aromatic carbocycles. The minimum absolute atomic E-state index is 0.187. The number of ether oxygens (including phenoxy) is 2. The Kier molecular flexibility index (Phi) is 2.06. The van der Waals surface area contributed by atoms with E-state index in [9.17, 15) is 9.59 Å². The van der Waals surface area contributed by atoms with E-state index in [1.54, 1.807) is 0 Å². The highest BCUT2D eigenvalue weighted by Gasteiger charge is 2.59. The van der Waals surface area contributed by atoms with Crippen LogP contribution in [0.25, 0.3) is 0 Å². The molecule has 14 heavy (non-hydrogen) atoms. The number of fused-ring (bicyclic) bond motifs is 1. The van der Waals surface area contributed by atoms with Crippen LogP contribution in [-0.4, -0.2) is 26.2 Å². The molecule has 4 heteroatoms. The Morgan fingerprint density at radius 3 is 1.50 bits per heavy atom. The third-order valence-corrected chi connectivity index (χ3v) is 3.16. The van der Waals surface area contributed by atoms with Crippen LogP contribution in [0.4, 0.5) is 0 Å². The number of carbonyl (C=O) groups excluding carboxylic acids is 2. The predicted molar refractivity (Wildman–Crippen MR) is 47.1 cm³/mol. The zero-order valence-corrected chi connectivity index (χ0v) is 8.10. The second-order valence-electron chi connectivity index (χ2n) is 3.64. The van der Waals surface area contributed by atoms with Crippen LogP contribution in [0.2, 0.25) is 0 Å². The first-order valence-electron chi connectivity index (χ1n) is 4.54. The maximum Gasteiger partial charge on any atom is 0.310 e. The van der Waals surface area contributed by atoms with Gasteiger partial charge in [-0.05, 0) is 11.8 Å². The van der Waals surface area contributed by atoms with Crippen molar-refractivity contribution in [2.24, 2.45) is 23.7 Å². The Morgan fingerprint density at radius 1 is 0.929 bits per heavy atom. The first-order chi connectivity index (χ1) is 6.70. The van der Waals surface area contributed by atoms with E-state index in [4.69, 9.17) is 0 Å². The number of hydrogen-bond acceptors (Lipinski definition) is 4. The van der Waals surface area contributed by atoms with Gasteiger partial charge in [0.25, 0.3) is 0 Å². The molecule has 0 saturated heterocycles. The van der Waals surface area contributed by atoms with Gasteiger partial charge in [-0.2, -0.15) is 0 Å². The van der Waals surface area contributed by atoms with E-state index in [1.165, 1.54) is 14.2 Å². The van der Waals surface area contributed by atoms with Crippen LogP contribution >= 0.6 is 0 Å². The molecule has 0 heterocycles. The zero-order chi connectivity index (χ0) is 10.3. The second kappa shape index (κ2) is 3.12. The fraction of sp³-hybridized carbons (Fsp3) is 0.600. The normalized spacial score (nSPS) is 37.6. The van der Waals surface area contributed by atoms with Crippen molar-refractivity contribution in [3.63, 3.8) is 0 Å². The minimum Gasteiger partial charge on any atom is -0.469 e. The fourth-order valence-corrected chi connectivity index (χ4v) is 2.30. The van der Waals surface area contributed by atoms with Crippen molar-refractivity contribution in [1.29, 1.82) is 0 Å². The van der Waals surface area contributed by atoms with Crippen LogP contribution in [0.15, 0.2) is 12.2 Å². The van der Waals surface area contributed by atoms with Crippen LogP contribution in [0.1, 0.15) is 0 Å². The molecule has 0 radical (unpaired) electrons. The molecule has 0 unspecified atom stereocenters. The van der Waals surface area contributed by atoms with Crippen molar-refractivity contribution in [3.8, 4) is 0 Å². The lowest BCUT2D eigenvalue weighted by Gasteiger charge is -2.51. The largest absolute Gasteiger partial charge is 0.469 e. The number of esters is 2. The summed E-state index contributed by atoms with van der Waals surface area (Å²) in [4.78, 5) is 22.7. The van der Waals surface area contributed by atoms with Crippen molar-refractivity contribution in [3.05, 3.63) is 12.2 Å². The third kappa shape index (κ3) is 0.997. The Bertz CT molecular complexity index is 277. The number of rotatable bonds is 2. The van der Waals surface area contributed by atoms with Gasteiger partial charge >= 0.3 is 11.9 Å². The van der Waals surface area contributed by atoms with Gasteiger partial charge in [0.05, 0.1) is 26.1 Å².